The van der Waals surface area contributed by atoms with Gasteiger partial charge in [-0.15, -0.1) is 23.1 Å². The van der Waals surface area contributed by atoms with Crippen LogP contribution in [0, 0.1) is 6.92 Å². The second-order valence-electron chi connectivity index (χ2n) is 6.76. The van der Waals surface area contributed by atoms with Crippen LogP contribution in [-0.4, -0.2) is 17.1 Å². The number of amides is 1. The highest BCUT2D eigenvalue weighted by Gasteiger charge is 2.15. The summed E-state index contributed by atoms with van der Waals surface area (Å²) in [4.78, 5) is 18.6. The predicted molar refractivity (Wildman–Crippen MR) is 129 cm³/mol. The van der Waals surface area contributed by atoms with E-state index in [1.807, 2.05) is 29.8 Å². The summed E-state index contributed by atoms with van der Waals surface area (Å²) in [7, 11) is 0. The van der Waals surface area contributed by atoms with Crippen molar-refractivity contribution in [1.82, 2.24) is 4.98 Å². The van der Waals surface area contributed by atoms with Gasteiger partial charge in [-0.2, -0.15) is 0 Å². The van der Waals surface area contributed by atoms with E-state index in [0.29, 0.717) is 16.3 Å². The van der Waals surface area contributed by atoms with Crippen LogP contribution in [0.3, 0.4) is 0 Å². The van der Waals surface area contributed by atoms with Crippen LogP contribution in [0.15, 0.2) is 77.1 Å². The number of anilines is 1. The van der Waals surface area contributed by atoms with Gasteiger partial charge in [-0.05, 0) is 60.7 Å². The number of aromatic nitrogens is 1. The summed E-state index contributed by atoms with van der Waals surface area (Å²) in [6.45, 7) is 2.05. The minimum absolute atomic E-state index is 0.161. The minimum atomic E-state index is -0.161. The summed E-state index contributed by atoms with van der Waals surface area (Å²) in [5, 5.41) is 6.34. The number of thioether (sulfide) groups is 1. The molecule has 30 heavy (non-hydrogen) atoms. The number of thiazole rings is 1. The first kappa shape index (κ1) is 20.7. The fourth-order valence-electron chi connectivity index (χ4n) is 3.14. The predicted octanol–water partition coefficient (Wildman–Crippen LogP) is 7.41. The molecule has 0 atom stereocenters. The molecule has 0 spiro atoms. The van der Waals surface area contributed by atoms with Crippen LogP contribution >= 0.6 is 34.7 Å². The maximum atomic E-state index is 13.2. The molecule has 150 valence electrons. The quantitative estimate of drug-likeness (QED) is 0.322. The van der Waals surface area contributed by atoms with Gasteiger partial charge >= 0.3 is 0 Å². The summed E-state index contributed by atoms with van der Waals surface area (Å²) < 4.78 is 0. The first-order chi connectivity index (χ1) is 14.5. The summed E-state index contributed by atoms with van der Waals surface area (Å²) in [5.41, 5.74) is 5.22. The van der Waals surface area contributed by atoms with Crippen LogP contribution in [0.4, 0.5) is 5.69 Å². The normalized spacial score (nSPS) is 10.8. The number of hydrogen-bond donors (Lipinski definition) is 1. The van der Waals surface area contributed by atoms with E-state index in [9.17, 15) is 4.79 Å². The summed E-state index contributed by atoms with van der Waals surface area (Å²) in [6, 6.07) is 19.6. The number of halogens is 1. The third kappa shape index (κ3) is 4.43. The van der Waals surface area contributed by atoms with Crippen molar-refractivity contribution in [2.45, 2.75) is 11.8 Å². The van der Waals surface area contributed by atoms with Gasteiger partial charge in [0.05, 0.1) is 5.02 Å². The van der Waals surface area contributed by atoms with Gasteiger partial charge in [0.15, 0.2) is 0 Å². The number of hydrogen-bond acceptors (Lipinski definition) is 4. The molecule has 1 heterocycles. The topological polar surface area (TPSA) is 42.0 Å². The van der Waals surface area contributed by atoms with Crippen molar-refractivity contribution < 1.29 is 4.79 Å². The fourth-order valence-corrected chi connectivity index (χ4v) is 4.51. The number of carbonyl (C=O) groups excluding carboxylic acids is 1. The van der Waals surface area contributed by atoms with Crippen molar-refractivity contribution in [3.63, 3.8) is 0 Å². The van der Waals surface area contributed by atoms with E-state index in [4.69, 9.17) is 11.6 Å². The molecule has 1 aromatic heterocycles. The third-order valence-corrected chi connectivity index (χ3v) is 6.58. The van der Waals surface area contributed by atoms with Crippen LogP contribution in [0.5, 0.6) is 0 Å². The zero-order valence-corrected chi connectivity index (χ0v) is 18.9. The standard InChI is InChI=1S/C24H19ClN2OS2/c1-15-3-5-16(6-4-15)20-14-18(29-2)8-9-19(20)23(28)27-17-7-10-22(25)21(13-17)24-26-11-12-30-24/h3-14H,1-2H3,(H,27,28). The van der Waals surface area contributed by atoms with Gasteiger partial charge in [-0.3, -0.25) is 4.79 Å². The molecule has 0 aliphatic heterocycles. The number of benzene rings is 3. The molecule has 0 bridgehead atoms. The Morgan fingerprint density at radius 1 is 1.03 bits per heavy atom. The molecule has 6 heteroatoms. The zero-order chi connectivity index (χ0) is 21.1. The molecule has 4 rings (SSSR count). The molecule has 1 amide bonds. The van der Waals surface area contributed by atoms with E-state index in [1.54, 1.807) is 30.1 Å². The Kier molecular flexibility index (Phi) is 6.23. The summed E-state index contributed by atoms with van der Waals surface area (Å²) in [6.07, 6.45) is 3.77. The van der Waals surface area contributed by atoms with Crippen molar-refractivity contribution in [3.8, 4) is 21.7 Å². The average Bonchev–Trinajstić information content (AvgIpc) is 3.30. The number of carbonyl (C=O) groups is 1. The lowest BCUT2D eigenvalue weighted by atomic mass is 9.98. The van der Waals surface area contributed by atoms with Crippen LogP contribution < -0.4 is 5.32 Å². The van der Waals surface area contributed by atoms with Crippen molar-refractivity contribution in [1.29, 1.82) is 0 Å². The molecule has 0 fully saturated rings. The number of aryl methyl sites for hydroxylation is 1. The largest absolute Gasteiger partial charge is 0.322 e. The smallest absolute Gasteiger partial charge is 0.256 e. The van der Waals surface area contributed by atoms with Crippen molar-refractivity contribution >= 4 is 46.3 Å². The van der Waals surface area contributed by atoms with Gasteiger partial charge in [0, 0.05) is 33.3 Å². The molecule has 0 aliphatic carbocycles. The summed E-state index contributed by atoms with van der Waals surface area (Å²) in [5.74, 6) is -0.161. The highest BCUT2D eigenvalue weighted by atomic mass is 35.5. The lowest BCUT2D eigenvalue weighted by molar-refractivity contribution is 0.102. The lowest BCUT2D eigenvalue weighted by Gasteiger charge is -2.13. The molecule has 0 saturated carbocycles. The minimum Gasteiger partial charge on any atom is -0.322 e. The lowest BCUT2D eigenvalue weighted by Crippen LogP contribution is -2.13. The molecular formula is C24H19ClN2OS2. The van der Waals surface area contributed by atoms with Gasteiger partial charge in [-0.25, -0.2) is 4.98 Å². The zero-order valence-electron chi connectivity index (χ0n) is 16.5. The molecule has 1 N–H and O–H groups in total. The van der Waals surface area contributed by atoms with Gasteiger partial charge in [0.25, 0.3) is 5.91 Å². The van der Waals surface area contributed by atoms with E-state index in [1.165, 1.54) is 16.9 Å². The Morgan fingerprint density at radius 3 is 2.53 bits per heavy atom. The molecule has 0 saturated heterocycles. The van der Waals surface area contributed by atoms with Gasteiger partial charge in [0.1, 0.15) is 5.01 Å². The number of nitrogens with zero attached hydrogens (tertiary/aromatic N) is 1. The SMILES string of the molecule is CSc1ccc(C(=O)Nc2ccc(Cl)c(-c3nccs3)c2)c(-c2ccc(C)cc2)c1. The van der Waals surface area contributed by atoms with Crippen LogP contribution in [0.2, 0.25) is 5.02 Å². The summed E-state index contributed by atoms with van der Waals surface area (Å²) >= 11 is 9.51. The maximum absolute atomic E-state index is 13.2. The average molecular weight is 451 g/mol. The Morgan fingerprint density at radius 2 is 1.83 bits per heavy atom. The Labute approximate surface area is 189 Å². The van der Waals surface area contributed by atoms with E-state index in [2.05, 4.69) is 47.6 Å². The van der Waals surface area contributed by atoms with E-state index in [-0.39, 0.29) is 5.91 Å². The van der Waals surface area contributed by atoms with E-state index < -0.39 is 0 Å². The van der Waals surface area contributed by atoms with Crippen LogP contribution in [0.25, 0.3) is 21.7 Å². The van der Waals surface area contributed by atoms with Crippen molar-refractivity contribution in [3.05, 3.63) is 88.4 Å². The highest BCUT2D eigenvalue weighted by molar-refractivity contribution is 7.98. The van der Waals surface area contributed by atoms with Crippen molar-refractivity contribution in [2.24, 2.45) is 0 Å². The second kappa shape index (κ2) is 9.04. The molecule has 3 nitrogen and oxygen atoms in total. The molecule has 0 aliphatic rings. The second-order valence-corrected chi connectivity index (χ2v) is 8.94. The fraction of sp³-hybridized carbons (Fsp3) is 0.0833. The van der Waals surface area contributed by atoms with E-state index >= 15 is 0 Å². The van der Waals surface area contributed by atoms with Crippen LogP contribution in [-0.2, 0) is 0 Å². The molecule has 0 unspecified atom stereocenters. The monoisotopic (exact) mass is 450 g/mol. The number of nitrogens with one attached hydrogen (secondary N) is 1. The van der Waals surface area contributed by atoms with Gasteiger partial charge in [-0.1, -0.05) is 41.4 Å². The van der Waals surface area contributed by atoms with Gasteiger partial charge in [0.2, 0.25) is 0 Å². The van der Waals surface area contributed by atoms with E-state index in [0.717, 1.165) is 26.6 Å². The Bertz CT molecular complexity index is 1190. The first-order valence-electron chi connectivity index (χ1n) is 9.31. The molecule has 3 aromatic carbocycles. The first-order valence-corrected chi connectivity index (χ1v) is 11.8. The maximum Gasteiger partial charge on any atom is 0.256 e. The molecule has 0 radical (unpaired) electrons. The van der Waals surface area contributed by atoms with Crippen molar-refractivity contribution in [2.75, 3.05) is 11.6 Å². The molecular weight excluding hydrogens is 432 g/mol. The Balaban J connectivity index is 1.69. The molecule has 4 aromatic rings. The Hall–Kier alpha value is -2.60. The highest BCUT2D eigenvalue weighted by Crippen LogP contribution is 2.33. The number of rotatable bonds is 5. The van der Waals surface area contributed by atoms with Crippen LogP contribution in [0.1, 0.15) is 15.9 Å². The van der Waals surface area contributed by atoms with Gasteiger partial charge < -0.3 is 5.32 Å². The third-order valence-electron chi connectivity index (χ3n) is 4.72.